The van der Waals surface area contributed by atoms with Gasteiger partial charge in [-0.15, -0.1) is 0 Å². The lowest BCUT2D eigenvalue weighted by molar-refractivity contribution is -0.150. The molecule has 14 heavy (non-hydrogen) atoms. The van der Waals surface area contributed by atoms with Gasteiger partial charge in [-0.25, -0.2) is 14.8 Å². The second-order valence-electron chi connectivity index (χ2n) is 2.50. The van der Waals surface area contributed by atoms with Crippen molar-refractivity contribution >= 4 is 5.97 Å². The molecule has 0 aromatic carbocycles. The summed E-state index contributed by atoms with van der Waals surface area (Å²) >= 11 is 0. The van der Waals surface area contributed by atoms with E-state index in [0.29, 0.717) is 12.5 Å². The van der Waals surface area contributed by atoms with Crippen LogP contribution in [0, 0.1) is 6.20 Å². The van der Waals surface area contributed by atoms with Gasteiger partial charge in [-0.2, -0.15) is 0 Å². The third kappa shape index (κ3) is 3.01. The minimum Gasteiger partial charge on any atom is -0.463 e. The maximum Gasteiger partial charge on any atom is 0.347 e. The molecule has 1 heterocycles. The van der Waals surface area contributed by atoms with Gasteiger partial charge in [0.2, 0.25) is 5.88 Å². The first-order chi connectivity index (χ1) is 6.74. The van der Waals surface area contributed by atoms with E-state index in [2.05, 4.69) is 16.2 Å². The van der Waals surface area contributed by atoms with E-state index < -0.39 is 12.1 Å². The maximum absolute atomic E-state index is 11.1. The Morgan fingerprint density at radius 2 is 2.50 bits per heavy atom. The van der Waals surface area contributed by atoms with Crippen LogP contribution in [0.2, 0.25) is 0 Å². The molecule has 1 aromatic heterocycles. The van der Waals surface area contributed by atoms with Crippen molar-refractivity contribution in [3.05, 3.63) is 18.6 Å². The van der Waals surface area contributed by atoms with E-state index >= 15 is 0 Å². The molecule has 1 radical (unpaired) electrons. The molecule has 0 amide bonds. The van der Waals surface area contributed by atoms with Crippen molar-refractivity contribution in [3.63, 3.8) is 0 Å². The highest BCUT2D eigenvalue weighted by Gasteiger charge is 2.15. The average Bonchev–Trinajstić information content (AvgIpc) is 2.19. The van der Waals surface area contributed by atoms with Crippen molar-refractivity contribution in [1.29, 1.82) is 0 Å². The van der Waals surface area contributed by atoms with Gasteiger partial charge >= 0.3 is 5.97 Å². The lowest BCUT2D eigenvalue weighted by Gasteiger charge is -2.11. The average molecular weight is 195 g/mol. The zero-order valence-electron chi connectivity index (χ0n) is 8.06. The Labute approximate surface area is 82.1 Å². The van der Waals surface area contributed by atoms with E-state index in [1.807, 2.05) is 0 Å². The highest BCUT2D eigenvalue weighted by Crippen LogP contribution is 2.05. The molecule has 1 rings (SSSR count). The lowest BCUT2D eigenvalue weighted by Crippen LogP contribution is -2.26. The van der Waals surface area contributed by atoms with Crippen LogP contribution in [0.3, 0.4) is 0 Å². The predicted octanol–water partition coefficient (Wildman–Crippen LogP) is 0.607. The van der Waals surface area contributed by atoms with Gasteiger partial charge in [-0.3, -0.25) is 0 Å². The van der Waals surface area contributed by atoms with Gasteiger partial charge < -0.3 is 9.47 Å². The van der Waals surface area contributed by atoms with Gasteiger partial charge in [-0.1, -0.05) is 0 Å². The first-order valence-corrected chi connectivity index (χ1v) is 4.25. The molecule has 0 aliphatic heterocycles. The molecule has 75 valence electrons. The molecule has 1 atom stereocenters. The second-order valence-corrected chi connectivity index (χ2v) is 2.50. The number of ether oxygens (including phenoxy) is 2. The predicted molar refractivity (Wildman–Crippen MR) is 47.6 cm³/mol. The zero-order valence-corrected chi connectivity index (χ0v) is 8.06. The van der Waals surface area contributed by atoms with Gasteiger partial charge in [0.25, 0.3) is 0 Å². The number of carbonyl (C=O) groups is 1. The number of hydrogen-bond donors (Lipinski definition) is 0. The van der Waals surface area contributed by atoms with Crippen LogP contribution in [0.15, 0.2) is 12.4 Å². The highest BCUT2D eigenvalue weighted by molar-refractivity contribution is 5.74. The summed E-state index contributed by atoms with van der Waals surface area (Å²) in [6, 6.07) is 1.45. The second kappa shape index (κ2) is 5.16. The summed E-state index contributed by atoms with van der Waals surface area (Å²) in [5, 5.41) is 0. The van der Waals surface area contributed by atoms with Gasteiger partial charge in [0.15, 0.2) is 6.10 Å². The fraction of sp³-hybridized carbons (Fsp3) is 0.444. The van der Waals surface area contributed by atoms with Crippen LogP contribution >= 0.6 is 0 Å². The Hall–Kier alpha value is -1.65. The number of aromatic nitrogens is 2. The standard InChI is InChI=1S/C9H11N2O3/c1-3-13-9(12)7(2)14-8-4-5-10-6-11-8/h4,6-7H,3H2,1-2H3. The number of esters is 1. The van der Waals surface area contributed by atoms with Gasteiger partial charge in [-0.05, 0) is 13.8 Å². The van der Waals surface area contributed by atoms with Crippen molar-refractivity contribution in [3.8, 4) is 5.88 Å². The van der Waals surface area contributed by atoms with E-state index in [0.717, 1.165) is 0 Å². The third-order valence-electron chi connectivity index (χ3n) is 1.42. The molecule has 0 saturated carbocycles. The summed E-state index contributed by atoms with van der Waals surface area (Å²) in [6.07, 6.45) is 3.18. The van der Waals surface area contributed by atoms with E-state index in [1.54, 1.807) is 13.8 Å². The largest absolute Gasteiger partial charge is 0.463 e. The highest BCUT2D eigenvalue weighted by atomic mass is 16.6. The topological polar surface area (TPSA) is 61.3 Å². The lowest BCUT2D eigenvalue weighted by atomic mass is 10.4. The Kier molecular flexibility index (Phi) is 3.84. The van der Waals surface area contributed by atoms with E-state index in [1.165, 1.54) is 12.4 Å². The van der Waals surface area contributed by atoms with Crippen molar-refractivity contribution < 1.29 is 14.3 Å². The molecule has 5 heteroatoms. The normalized spacial score (nSPS) is 11.9. The van der Waals surface area contributed by atoms with Crippen LogP contribution in [0.25, 0.3) is 0 Å². The Morgan fingerprint density at radius 1 is 1.71 bits per heavy atom. The first kappa shape index (κ1) is 10.4. The number of nitrogens with zero attached hydrogens (tertiary/aromatic N) is 2. The third-order valence-corrected chi connectivity index (χ3v) is 1.42. The number of hydrogen-bond acceptors (Lipinski definition) is 5. The fourth-order valence-electron chi connectivity index (χ4n) is 0.802. The van der Waals surface area contributed by atoms with Crippen molar-refractivity contribution in [1.82, 2.24) is 9.97 Å². The maximum atomic E-state index is 11.1. The van der Waals surface area contributed by atoms with Gasteiger partial charge in [0, 0.05) is 6.07 Å². The summed E-state index contributed by atoms with van der Waals surface area (Å²) in [4.78, 5) is 18.5. The molecule has 0 saturated heterocycles. The van der Waals surface area contributed by atoms with Crippen LogP contribution < -0.4 is 4.74 Å². The van der Waals surface area contributed by atoms with Crippen LogP contribution in [-0.4, -0.2) is 28.6 Å². The summed E-state index contributed by atoms with van der Waals surface area (Å²) in [7, 11) is 0. The van der Waals surface area contributed by atoms with Crippen LogP contribution in [0.1, 0.15) is 13.8 Å². The minimum atomic E-state index is -0.668. The molecule has 0 aliphatic rings. The molecular weight excluding hydrogens is 184 g/mol. The Bertz CT molecular complexity index is 289. The smallest absolute Gasteiger partial charge is 0.347 e. The van der Waals surface area contributed by atoms with Gasteiger partial charge in [0.05, 0.1) is 12.8 Å². The summed E-state index contributed by atoms with van der Waals surface area (Å²) in [6.45, 7) is 3.67. The summed E-state index contributed by atoms with van der Waals surface area (Å²) in [5.74, 6) is -0.105. The van der Waals surface area contributed by atoms with Crippen molar-refractivity contribution in [2.75, 3.05) is 6.61 Å². The molecular formula is C9H11N2O3. The quantitative estimate of drug-likeness (QED) is 0.658. The fourth-order valence-corrected chi connectivity index (χ4v) is 0.802. The molecule has 1 aromatic rings. The molecule has 0 N–H and O–H groups in total. The molecule has 0 aliphatic carbocycles. The first-order valence-electron chi connectivity index (χ1n) is 4.25. The molecule has 1 unspecified atom stereocenters. The van der Waals surface area contributed by atoms with E-state index in [9.17, 15) is 4.79 Å². The number of carbonyl (C=O) groups excluding carboxylic acids is 1. The van der Waals surface area contributed by atoms with Crippen LogP contribution in [0.4, 0.5) is 0 Å². The monoisotopic (exact) mass is 195 g/mol. The zero-order chi connectivity index (χ0) is 10.4. The summed E-state index contributed by atoms with van der Waals surface area (Å²) in [5.41, 5.74) is 0. The molecule has 0 bridgehead atoms. The molecule has 5 nitrogen and oxygen atoms in total. The minimum absolute atomic E-state index is 0.306. The molecule has 0 spiro atoms. The number of rotatable bonds is 4. The van der Waals surface area contributed by atoms with Crippen LogP contribution in [0.5, 0.6) is 5.88 Å². The van der Waals surface area contributed by atoms with E-state index in [-0.39, 0.29) is 0 Å². The van der Waals surface area contributed by atoms with E-state index in [4.69, 9.17) is 9.47 Å². The van der Waals surface area contributed by atoms with Crippen molar-refractivity contribution in [2.24, 2.45) is 0 Å². The van der Waals surface area contributed by atoms with Gasteiger partial charge in [0.1, 0.15) is 6.33 Å². The Balaban J connectivity index is 2.49. The van der Waals surface area contributed by atoms with Crippen molar-refractivity contribution in [2.45, 2.75) is 20.0 Å². The Morgan fingerprint density at radius 3 is 3.07 bits per heavy atom. The SMILES string of the molecule is CCOC(=O)C(C)Oc1c[c]ncn1. The van der Waals surface area contributed by atoms with Crippen LogP contribution in [-0.2, 0) is 9.53 Å². The summed E-state index contributed by atoms with van der Waals surface area (Å²) < 4.78 is 9.93. The molecule has 0 fully saturated rings.